The molecule has 1 aliphatic rings. The number of anilines is 1. The molecule has 1 saturated carbocycles. The lowest BCUT2D eigenvalue weighted by Crippen LogP contribution is -2.15. The van der Waals surface area contributed by atoms with Crippen LogP contribution in [0.15, 0.2) is 42.7 Å². The van der Waals surface area contributed by atoms with E-state index >= 15 is 0 Å². The Kier molecular flexibility index (Phi) is 3.35. The summed E-state index contributed by atoms with van der Waals surface area (Å²) >= 11 is 0. The standard InChI is InChI=1S/C19H17N7/c20-10-12-1-4-14(5-2-12)23-15-6-3-13(9-15)19-25-24-17-11-22-18-16(26(17)19)7-8-21-18/h1-2,4-5,7-8,11,13,15,21,23H,3,6,9H2/t13-,15-/m1/s1. The van der Waals surface area contributed by atoms with Crippen LogP contribution < -0.4 is 5.32 Å². The first-order chi connectivity index (χ1) is 12.8. The van der Waals surface area contributed by atoms with Gasteiger partial charge in [-0.2, -0.15) is 5.26 Å². The van der Waals surface area contributed by atoms with Gasteiger partial charge in [-0.25, -0.2) is 4.98 Å². The highest BCUT2D eigenvalue weighted by Gasteiger charge is 2.29. The molecule has 0 unspecified atom stereocenters. The summed E-state index contributed by atoms with van der Waals surface area (Å²) in [6.07, 6.45) is 6.82. The average Bonchev–Trinajstić information content (AvgIpc) is 3.40. The van der Waals surface area contributed by atoms with Gasteiger partial charge in [-0.3, -0.25) is 4.40 Å². The van der Waals surface area contributed by atoms with E-state index in [-0.39, 0.29) is 0 Å². The second kappa shape index (κ2) is 5.85. The summed E-state index contributed by atoms with van der Waals surface area (Å²) in [5, 5.41) is 21.3. The van der Waals surface area contributed by atoms with Crippen LogP contribution in [0.2, 0.25) is 0 Å². The van der Waals surface area contributed by atoms with Gasteiger partial charge in [0.05, 0.1) is 23.3 Å². The SMILES string of the molecule is N#Cc1ccc(N[C@@H]2CC[C@@H](c3nnc4cnc5[nH]ccc5n34)C2)cc1. The number of nitrogens with one attached hydrogen (secondary N) is 2. The van der Waals surface area contributed by atoms with Crippen LogP contribution >= 0.6 is 0 Å². The first kappa shape index (κ1) is 14.9. The molecule has 2 atom stereocenters. The Morgan fingerprint density at radius 1 is 1.15 bits per heavy atom. The van der Waals surface area contributed by atoms with Crippen LogP contribution in [-0.4, -0.2) is 30.6 Å². The molecule has 5 rings (SSSR count). The Morgan fingerprint density at radius 3 is 2.88 bits per heavy atom. The number of hydrogen-bond acceptors (Lipinski definition) is 5. The highest BCUT2D eigenvalue weighted by Crippen LogP contribution is 2.35. The number of nitrogens with zero attached hydrogens (tertiary/aromatic N) is 5. The fourth-order valence-electron chi connectivity index (χ4n) is 3.89. The Morgan fingerprint density at radius 2 is 2.04 bits per heavy atom. The molecule has 1 aromatic carbocycles. The number of hydrogen-bond donors (Lipinski definition) is 2. The number of aromatic nitrogens is 5. The zero-order valence-electron chi connectivity index (χ0n) is 14.1. The zero-order valence-corrected chi connectivity index (χ0v) is 14.1. The maximum absolute atomic E-state index is 8.91. The van der Waals surface area contributed by atoms with Gasteiger partial charge in [0.25, 0.3) is 0 Å². The van der Waals surface area contributed by atoms with Gasteiger partial charge in [-0.1, -0.05) is 0 Å². The molecule has 3 aromatic heterocycles. The number of nitriles is 1. The third-order valence-electron chi connectivity index (χ3n) is 5.15. The van der Waals surface area contributed by atoms with Crippen LogP contribution in [0.1, 0.15) is 36.6 Å². The largest absolute Gasteiger partial charge is 0.382 e. The molecule has 0 spiro atoms. The number of benzene rings is 1. The summed E-state index contributed by atoms with van der Waals surface area (Å²) in [5.74, 6) is 1.37. The minimum atomic E-state index is 0.362. The third kappa shape index (κ3) is 2.39. The van der Waals surface area contributed by atoms with Crippen LogP contribution in [0.4, 0.5) is 5.69 Å². The lowest BCUT2D eigenvalue weighted by atomic mass is 10.1. The quantitative estimate of drug-likeness (QED) is 0.595. The summed E-state index contributed by atoms with van der Waals surface area (Å²) in [4.78, 5) is 7.53. The number of rotatable bonds is 3. The smallest absolute Gasteiger partial charge is 0.179 e. The van der Waals surface area contributed by atoms with E-state index in [1.54, 1.807) is 6.20 Å². The van der Waals surface area contributed by atoms with E-state index < -0.39 is 0 Å². The average molecular weight is 343 g/mol. The molecule has 4 aromatic rings. The van der Waals surface area contributed by atoms with Crippen molar-refractivity contribution in [3.8, 4) is 6.07 Å². The van der Waals surface area contributed by atoms with E-state index in [4.69, 9.17) is 5.26 Å². The minimum absolute atomic E-state index is 0.362. The fraction of sp³-hybridized carbons (Fsp3) is 0.263. The summed E-state index contributed by atoms with van der Waals surface area (Å²) in [6.45, 7) is 0. The Labute approximate surface area is 149 Å². The van der Waals surface area contributed by atoms with Crippen molar-refractivity contribution in [3.05, 3.63) is 54.1 Å². The van der Waals surface area contributed by atoms with Crippen LogP contribution in [0.5, 0.6) is 0 Å². The molecule has 128 valence electrons. The number of H-pyrrole nitrogens is 1. The molecule has 1 aliphatic carbocycles. The fourth-order valence-corrected chi connectivity index (χ4v) is 3.89. The molecule has 0 saturated heterocycles. The summed E-state index contributed by atoms with van der Waals surface area (Å²) in [6, 6.07) is 12.2. The molecule has 0 bridgehead atoms. The molecule has 0 amide bonds. The van der Waals surface area contributed by atoms with Gasteiger partial charge >= 0.3 is 0 Å². The summed E-state index contributed by atoms with van der Waals surface area (Å²) < 4.78 is 2.12. The number of aromatic amines is 1. The molecule has 7 nitrogen and oxygen atoms in total. The van der Waals surface area contributed by atoms with Gasteiger partial charge in [0.15, 0.2) is 11.3 Å². The van der Waals surface area contributed by atoms with Crippen molar-refractivity contribution < 1.29 is 0 Å². The predicted octanol–water partition coefficient (Wildman–Crippen LogP) is 3.23. The van der Waals surface area contributed by atoms with E-state index in [1.807, 2.05) is 36.5 Å². The molecule has 3 heterocycles. The van der Waals surface area contributed by atoms with Gasteiger partial charge in [0, 0.05) is 23.8 Å². The van der Waals surface area contributed by atoms with Crippen molar-refractivity contribution in [1.82, 2.24) is 24.6 Å². The maximum Gasteiger partial charge on any atom is 0.179 e. The van der Waals surface area contributed by atoms with E-state index in [2.05, 4.69) is 36.0 Å². The minimum Gasteiger partial charge on any atom is -0.382 e. The summed E-state index contributed by atoms with van der Waals surface area (Å²) in [7, 11) is 0. The third-order valence-corrected chi connectivity index (χ3v) is 5.15. The van der Waals surface area contributed by atoms with Crippen molar-refractivity contribution in [1.29, 1.82) is 5.26 Å². The molecule has 7 heteroatoms. The Bertz CT molecular complexity index is 1120. The second-order valence-electron chi connectivity index (χ2n) is 6.76. The topological polar surface area (TPSA) is 94.7 Å². The molecule has 0 aliphatic heterocycles. The lowest BCUT2D eigenvalue weighted by Gasteiger charge is -2.14. The first-order valence-corrected chi connectivity index (χ1v) is 8.75. The van der Waals surface area contributed by atoms with Crippen LogP contribution in [-0.2, 0) is 0 Å². The molecular formula is C19H17N7. The van der Waals surface area contributed by atoms with Crippen LogP contribution in [0.3, 0.4) is 0 Å². The van der Waals surface area contributed by atoms with Crippen molar-refractivity contribution in [2.24, 2.45) is 0 Å². The van der Waals surface area contributed by atoms with Crippen molar-refractivity contribution in [2.75, 3.05) is 5.32 Å². The van der Waals surface area contributed by atoms with Gasteiger partial charge in [-0.05, 0) is 49.6 Å². The van der Waals surface area contributed by atoms with Crippen molar-refractivity contribution >= 4 is 22.5 Å². The highest BCUT2D eigenvalue weighted by molar-refractivity contribution is 5.74. The van der Waals surface area contributed by atoms with Gasteiger partial charge in [-0.15, -0.1) is 10.2 Å². The molecular weight excluding hydrogens is 326 g/mol. The van der Waals surface area contributed by atoms with Crippen molar-refractivity contribution in [2.45, 2.75) is 31.2 Å². The van der Waals surface area contributed by atoms with E-state index in [0.717, 1.165) is 47.6 Å². The van der Waals surface area contributed by atoms with Crippen LogP contribution in [0, 0.1) is 11.3 Å². The predicted molar refractivity (Wildman–Crippen MR) is 97.8 cm³/mol. The molecule has 0 radical (unpaired) electrons. The van der Waals surface area contributed by atoms with Gasteiger partial charge in [0.1, 0.15) is 5.82 Å². The van der Waals surface area contributed by atoms with Gasteiger partial charge < -0.3 is 10.3 Å². The van der Waals surface area contributed by atoms with E-state index in [0.29, 0.717) is 17.5 Å². The number of fused-ring (bicyclic) bond motifs is 3. The Hall–Kier alpha value is -3.40. The maximum atomic E-state index is 8.91. The van der Waals surface area contributed by atoms with E-state index in [1.165, 1.54) is 0 Å². The monoisotopic (exact) mass is 343 g/mol. The lowest BCUT2D eigenvalue weighted by molar-refractivity contribution is 0.652. The van der Waals surface area contributed by atoms with Crippen LogP contribution in [0.25, 0.3) is 16.8 Å². The van der Waals surface area contributed by atoms with Crippen molar-refractivity contribution in [3.63, 3.8) is 0 Å². The molecule has 26 heavy (non-hydrogen) atoms. The normalized spacial score (nSPS) is 19.8. The first-order valence-electron chi connectivity index (χ1n) is 8.75. The zero-order chi connectivity index (χ0) is 17.5. The molecule has 2 N–H and O–H groups in total. The van der Waals surface area contributed by atoms with Gasteiger partial charge in [0.2, 0.25) is 0 Å². The summed E-state index contributed by atoms with van der Waals surface area (Å²) in [5.41, 5.74) is 4.39. The highest BCUT2D eigenvalue weighted by atomic mass is 15.3. The molecule has 1 fully saturated rings. The second-order valence-corrected chi connectivity index (χ2v) is 6.76. The Balaban J connectivity index is 1.39. The van der Waals surface area contributed by atoms with E-state index in [9.17, 15) is 0 Å².